The fraction of sp³-hybridized carbons (Fsp3) is 1.00. The van der Waals surface area contributed by atoms with E-state index in [1.54, 1.807) is 0 Å². The van der Waals surface area contributed by atoms with Gasteiger partial charge in [-0.1, -0.05) is 0 Å². The molecule has 0 amide bonds. The Morgan fingerprint density at radius 3 is 2.77 bits per heavy atom. The monoisotopic (exact) mass is 203 g/mol. The first-order valence-electron chi connectivity index (χ1n) is 5.16. The Morgan fingerprint density at radius 1 is 1.46 bits per heavy atom. The minimum absolute atomic E-state index is 0.603. The SMILES string of the molecule is CCOCCCNCC1(SC)CC1. The molecule has 2 nitrogen and oxygen atoms in total. The van der Waals surface area contributed by atoms with Crippen molar-refractivity contribution in [3.8, 4) is 0 Å². The van der Waals surface area contributed by atoms with Gasteiger partial charge in [-0.2, -0.15) is 11.8 Å². The number of hydrogen-bond donors (Lipinski definition) is 1. The molecule has 1 N–H and O–H groups in total. The number of rotatable bonds is 8. The van der Waals surface area contributed by atoms with E-state index in [2.05, 4.69) is 11.6 Å². The van der Waals surface area contributed by atoms with Gasteiger partial charge < -0.3 is 10.1 Å². The van der Waals surface area contributed by atoms with Crippen molar-refractivity contribution < 1.29 is 4.74 Å². The van der Waals surface area contributed by atoms with Crippen LogP contribution in [0.5, 0.6) is 0 Å². The molecular weight excluding hydrogens is 182 g/mol. The Hall–Kier alpha value is 0.270. The number of thioether (sulfide) groups is 1. The molecule has 0 radical (unpaired) electrons. The molecule has 1 rings (SSSR count). The maximum atomic E-state index is 5.26. The van der Waals surface area contributed by atoms with Gasteiger partial charge in [0.25, 0.3) is 0 Å². The zero-order valence-corrected chi connectivity index (χ0v) is 9.58. The van der Waals surface area contributed by atoms with E-state index in [-0.39, 0.29) is 0 Å². The first-order chi connectivity index (χ1) is 6.33. The average Bonchev–Trinajstić information content (AvgIpc) is 2.92. The van der Waals surface area contributed by atoms with E-state index in [1.165, 1.54) is 19.4 Å². The van der Waals surface area contributed by atoms with E-state index in [9.17, 15) is 0 Å². The fourth-order valence-electron chi connectivity index (χ4n) is 1.35. The first-order valence-corrected chi connectivity index (χ1v) is 6.39. The Kier molecular flexibility index (Phi) is 5.14. The average molecular weight is 203 g/mol. The van der Waals surface area contributed by atoms with Crippen molar-refractivity contribution in [2.75, 3.05) is 32.6 Å². The van der Waals surface area contributed by atoms with Crippen LogP contribution in [0.15, 0.2) is 0 Å². The van der Waals surface area contributed by atoms with Crippen molar-refractivity contribution in [1.29, 1.82) is 0 Å². The molecule has 3 heteroatoms. The van der Waals surface area contributed by atoms with Gasteiger partial charge in [-0.05, 0) is 39.0 Å². The van der Waals surface area contributed by atoms with Gasteiger partial charge in [-0.15, -0.1) is 0 Å². The summed E-state index contributed by atoms with van der Waals surface area (Å²) in [5.41, 5.74) is 0. The molecule has 0 aromatic heterocycles. The smallest absolute Gasteiger partial charge is 0.0477 e. The number of hydrogen-bond acceptors (Lipinski definition) is 3. The van der Waals surface area contributed by atoms with Crippen LogP contribution in [0, 0.1) is 0 Å². The molecule has 1 fully saturated rings. The third kappa shape index (κ3) is 4.34. The molecule has 1 saturated carbocycles. The quantitative estimate of drug-likeness (QED) is 0.609. The fourth-order valence-corrected chi connectivity index (χ4v) is 2.11. The van der Waals surface area contributed by atoms with Gasteiger partial charge >= 0.3 is 0 Å². The Balaban J connectivity index is 1.84. The summed E-state index contributed by atoms with van der Waals surface area (Å²) in [5, 5.41) is 3.50. The Morgan fingerprint density at radius 2 is 2.23 bits per heavy atom. The van der Waals surface area contributed by atoms with Crippen molar-refractivity contribution >= 4 is 11.8 Å². The van der Waals surface area contributed by atoms with E-state index >= 15 is 0 Å². The van der Waals surface area contributed by atoms with E-state index in [4.69, 9.17) is 4.74 Å². The molecule has 1 aliphatic rings. The lowest BCUT2D eigenvalue weighted by atomic mass is 10.4. The second-order valence-electron chi connectivity index (χ2n) is 3.61. The van der Waals surface area contributed by atoms with Crippen LogP contribution in [0.4, 0.5) is 0 Å². The molecule has 0 aliphatic heterocycles. The molecule has 0 bridgehead atoms. The highest BCUT2D eigenvalue weighted by Gasteiger charge is 2.41. The van der Waals surface area contributed by atoms with Crippen molar-refractivity contribution in [2.45, 2.75) is 30.9 Å². The summed E-state index contributed by atoms with van der Waals surface area (Å²) in [6, 6.07) is 0. The van der Waals surface area contributed by atoms with Gasteiger partial charge in [0.15, 0.2) is 0 Å². The number of nitrogens with one attached hydrogen (secondary N) is 1. The van der Waals surface area contributed by atoms with E-state index < -0.39 is 0 Å². The molecule has 13 heavy (non-hydrogen) atoms. The Bertz CT molecular complexity index is 137. The summed E-state index contributed by atoms with van der Waals surface area (Å²) in [6.07, 6.45) is 6.15. The van der Waals surface area contributed by atoms with Crippen molar-refractivity contribution in [3.63, 3.8) is 0 Å². The molecule has 0 spiro atoms. The van der Waals surface area contributed by atoms with Crippen LogP contribution in [0.25, 0.3) is 0 Å². The van der Waals surface area contributed by atoms with Crippen LogP contribution in [-0.2, 0) is 4.74 Å². The van der Waals surface area contributed by atoms with Crippen molar-refractivity contribution in [2.24, 2.45) is 0 Å². The van der Waals surface area contributed by atoms with Gasteiger partial charge in [0.2, 0.25) is 0 Å². The molecule has 78 valence electrons. The van der Waals surface area contributed by atoms with Gasteiger partial charge in [0.05, 0.1) is 0 Å². The second-order valence-corrected chi connectivity index (χ2v) is 4.89. The highest BCUT2D eigenvalue weighted by molar-refractivity contribution is 8.00. The largest absolute Gasteiger partial charge is 0.382 e. The summed E-state index contributed by atoms with van der Waals surface area (Å²) in [4.78, 5) is 0. The topological polar surface area (TPSA) is 21.3 Å². The lowest BCUT2D eigenvalue weighted by molar-refractivity contribution is 0.145. The van der Waals surface area contributed by atoms with Crippen LogP contribution in [0.2, 0.25) is 0 Å². The minimum Gasteiger partial charge on any atom is -0.382 e. The molecule has 0 aromatic rings. The molecule has 0 aromatic carbocycles. The van der Waals surface area contributed by atoms with Crippen molar-refractivity contribution in [3.05, 3.63) is 0 Å². The van der Waals surface area contributed by atoms with Crippen molar-refractivity contribution in [1.82, 2.24) is 5.32 Å². The third-order valence-electron chi connectivity index (χ3n) is 2.53. The molecule has 1 aliphatic carbocycles. The number of ether oxygens (including phenoxy) is 1. The summed E-state index contributed by atoms with van der Waals surface area (Å²) < 4.78 is 5.87. The molecule has 0 atom stereocenters. The molecule has 0 heterocycles. The van der Waals surface area contributed by atoms with Gasteiger partial charge in [0, 0.05) is 24.5 Å². The second kappa shape index (κ2) is 5.89. The highest BCUT2D eigenvalue weighted by atomic mass is 32.2. The van der Waals surface area contributed by atoms with E-state index in [1.807, 2.05) is 18.7 Å². The van der Waals surface area contributed by atoms with Crippen LogP contribution in [-0.4, -0.2) is 37.3 Å². The zero-order chi connectivity index (χ0) is 9.57. The predicted molar refractivity (Wildman–Crippen MR) is 59.5 cm³/mol. The lowest BCUT2D eigenvalue weighted by Crippen LogP contribution is -2.27. The first kappa shape index (κ1) is 11.3. The standard InChI is InChI=1S/C10H21NOS/c1-3-12-8-4-7-11-9-10(13-2)5-6-10/h11H,3-9H2,1-2H3. The molecule has 0 saturated heterocycles. The van der Waals surface area contributed by atoms with Crippen LogP contribution >= 0.6 is 11.8 Å². The minimum atomic E-state index is 0.603. The van der Waals surface area contributed by atoms with Crippen LogP contribution in [0.1, 0.15) is 26.2 Å². The summed E-state index contributed by atoms with van der Waals surface area (Å²) in [5.74, 6) is 0. The summed E-state index contributed by atoms with van der Waals surface area (Å²) in [6.45, 7) is 6.06. The zero-order valence-electron chi connectivity index (χ0n) is 8.77. The van der Waals surface area contributed by atoms with Crippen LogP contribution < -0.4 is 5.32 Å². The van der Waals surface area contributed by atoms with Gasteiger partial charge in [0.1, 0.15) is 0 Å². The van der Waals surface area contributed by atoms with E-state index in [0.717, 1.165) is 26.2 Å². The normalized spacial score (nSPS) is 18.9. The summed E-state index contributed by atoms with van der Waals surface area (Å²) >= 11 is 2.01. The third-order valence-corrected chi connectivity index (χ3v) is 3.95. The van der Waals surface area contributed by atoms with Gasteiger partial charge in [-0.25, -0.2) is 0 Å². The van der Waals surface area contributed by atoms with Crippen LogP contribution in [0.3, 0.4) is 0 Å². The highest BCUT2D eigenvalue weighted by Crippen LogP contribution is 2.46. The maximum absolute atomic E-state index is 5.26. The predicted octanol–water partition coefficient (Wildman–Crippen LogP) is 1.90. The molecular formula is C10H21NOS. The van der Waals surface area contributed by atoms with Gasteiger partial charge in [-0.3, -0.25) is 0 Å². The molecule has 0 unspecified atom stereocenters. The maximum Gasteiger partial charge on any atom is 0.0477 e. The summed E-state index contributed by atoms with van der Waals surface area (Å²) in [7, 11) is 0. The van der Waals surface area contributed by atoms with E-state index in [0.29, 0.717) is 4.75 Å². The Labute approximate surface area is 85.8 Å². The lowest BCUT2D eigenvalue weighted by Gasteiger charge is -2.12.